The Hall–Kier alpha value is -2.94. The molecular weight excluding hydrogens is 410 g/mol. The number of methoxy groups -OCH3 is 1. The van der Waals surface area contributed by atoms with Crippen LogP contribution in [0.15, 0.2) is 48.5 Å². The van der Waals surface area contributed by atoms with Gasteiger partial charge in [0.05, 0.1) is 26.0 Å². The number of ether oxygens (including phenoxy) is 3. The first-order valence-electron chi connectivity index (χ1n) is 10.9. The van der Waals surface area contributed by atoms with Gasteiger partial charge in [-0.05, 0) is 36.4 Å². The lowest BCUT2D eigenvalue weighted by Crippen LogP contribution is -2.45. The number of piperidine rings is 1. The summed E-state index contributed by atoms with van der Waals surface area (Å²) in [4.78, 5) is 27.1. The van der Waals surface area contributed by atoms with Gasteiger partial charge in [-0.1, -0.05) is 12.1 Å². The lowest BCUT2D eigenvalue weighted by Gasteiger charge is -2.37. The molecule has 2 fully saturated rings. The molecule has 2 saturated heterocycles. The van der Waals surface area contributed by atoms with Crippen LogP contribution in [0.4, 0.5) is 11.4 Å². The van der Waals surface area contributed by atoms with E-state index in [2.05, 4.69) is 15.5 Å². The van der Waals surface area contributed by atoms with Crippen molar-refractivity contribution in [2.24, 2.45) is 0 Å². The molecule has 8 heteroatoms. The van der Waals surface area contributed by atoms with Crippen LogP contribution in [0.5, 0.6) is 5.75 Å². The third-order valence-electron chi connectivity index (χ3n) is 5.87. The molecule has 0 unspecified atom stereocenters. The summed E-state index contributed by atoms with van der Waals surface area (Å²) in [6.45, 7) is 3.76. The number of hydrogen-bond donors (Lipinski definition) is 2. The smallest absolute Gasteiger partial charge is 0.255 e. The number of nitrogens with zero attached hydrogens (tertiary/aromatic N) is 1. The second kappa shape index (κ2) is 10.1. The maximum atomic E-state index is 12.5. The number of likely N-dealkylation sites (tertiary alicyclic amines) is 1. The van der Waals surface area contributed by atoms with E-state index in [1.54, 1.807) is 43.5 Å². The molecule has 32 heavy (non-hydrogen) atoms. The van der Waals surface area contributed by atoms with Crippen LogP contribution in [-0.2, 0) is 14.3 Å². The van der Waals surface area contributed by atoms with Gasteiger partial charge in [0.1, 0.15) is 5.75 Å². The van der Waals surface area contributed by atoms with Crippen LogP contribution in [-0.4, -0.2) is 62.5 Å². The van der Waals surface area contributed by atoms with Crippen LogP contribution in [0.3, 0.4) is 0 Å². The summed E-state index contributed by atoms with van der Waals surface area (Å²) < 4.78 is 16.7. The van der Waals surface area contributed by atoms with Gasteiger partial charge in [0, 0.05) is 50.1 Å². The topological polar surface area (TPSA) is 89.1 Å². The summed E-state index contributed by atoms with van der Waals surface area (Å²) in [7, 11) is 1.56. The normalized spacial score (nSPS) is 17.8. The minimum atomic E-state index is -0.390. The lowest BCUT2D eigenvalue weighted by molar-refractivity contribution is -0.185. The van der Waals surface area contributed by atoms with Crippen LogP contribution in [0, 0.1) is 0 Å². The molecule has 170 valence electrons. The van der Waals surface area contributed by atoms with Crippen LogP contribution in [0.1, 0.15) is 29.6 Å². The third-order valence-corrected chi connectivity index (χ3v) is 5.87. The van der Waals surface area contributed by atoms with Crippen LogP contribution >= 0.6 is 0 Å². The molecule has 0 radical (unpaired) electrons. The number of benzene rings is 2. The molecule has 0 saturated carbocycles. The van der Waals surface area contributed by atoms with Gasteiger partial charge in [-0.2, -0.15) is 0 Å². The minimum absolute atomic E-state index is 0.0510. The fraction of sp³-hybridized carbons (Fsp3) is 0.417. The van der Waals surface area contributed by atoms with Gasteiger partial charge in [0.15, 0.2) is 5.79 Å². The lowest BCUT2D eigenvalue weighted by atomic mass is 10.0. The van der Waals surface area contributed by atoms with E-state index in [4.69, 9.17) is 14.2 Å². The predicted molar refractivity (Wildman–Crippen MR) is 121 cm³/mol. The highest BCUT2D eigenvalue weighted by Crippen LogP contribution is 2.31. The largest absolute Gasteiger partial charge is 0.495 e. The molecule has 2 aliphatic rings. The SMILES string of the molecule is COc1ccccc1NC(=O)c1ccc(NC(=O)CCN2CCC3(CC2)OCCO3)cc1. The Labute approximate surface area is 187 Å². The number of hydrogen-bond acceptors (Lipinski definition) is 6. The second-order valence-corrected chi connectivity index (χ2v) is 7.98. The first-order chi connectivity index (χ1) is 15.6. The highest BCUT2D eigenvalue weighted by molar-refractivity contribution is 6.05. The van der Waals surface area contributed by atoms with Crippen molar-refractivity contribution in [3.63, 3.8) is 0 Å². The zero-order valence-corrected chi connectivity index (χ0v) is 18.3. The summed E-state index contributed by atoms with van der Waals surface area (Å²) in [5, 5.41) is 5.74. The summed E-state index contributed by atoms with van der Waals surface area (Å²) in [6.07, 6.45) is 2.09. The monoisotopic (exact) mass is 439 g/mol. The predicted octanol–water partition coefficient (Wildman–Crippen LogP) is 3.12. The number of carbonyl (C=O) groups is 2. The van der Waals surface area contributed by atoms with Crippen molar-refractivity contribution in [3.8, 4) is 5.75 Å². The van der Waals surface area contributed by atoms with Crippen molar-refractivity contribution in [1.29, 1.82) is 0 Å². The fourth-order valence-corrected chi connectivity index (χ4v) is 4.03. The Balaban J connectivity index is 1.22. The third kappa shape index (κ3) is 5.45. The van der Waals surface area contributed by atoms with Crippen molar-refractivity contribution < 1.29 is 23.8 Å². The average Bonchev–Trinajstić information content (AvgIpc) is 3.27. The molecule has 0 bridgehead atoms. The van der Waals surface area contributed by atoms with E-state index in [1.165, 1.54) is 0 Å². The molecule has 2 aliphatic heterocycles. The first kappa shape index (κ1) is 22.3. The summed E-state index contributed by atoms with van der Waals surface area (Å²) >= 11 is 0. The number of nitrogens with one attached hydrogen (secondary N) is 2. The fourth-order valence-electron chi connectivity index (χ4n) is 4.03. The van der Waals surface area contributed by atoms with Gasteiger partial charge in [0.2, 0.25) is 5.91 Å². The Morgan fingerprint density at radius 2 is 1.69 bits per heavy atom. The van der Waals surface area contributed by atoms with Crippen molar-refractivity contribution in [2.75, 3.05) is 50.6 Å². The van der Waals surface area contributed by atoms with Gasteiger partial charge in [-0.3, -0.25) is 9.59 Å². The van der Waals surface area contributed by atoms with Crippen molar-refractivity contribution >= 4 is 23.2 Å². The Bertz CT molecular complexity index is 931. The van der Waals surface area contributed by atoms with Gasteiger partial charge in [0.25, 0.3) is 5.91 Å². The van der Waals surface area contributed by atoms with E-state index < -0.39 is 5.79 Å². The van der Waals surface area contributed by atoms with Gasteiger partial charge in [-0.25, -0.2) is 0 Å². The van der Waals surface area contributed by atoms with E-state index >= 15 is 0 Å². The highest BCUT2D eigenvalue weighted by Gasteiger charge is 2.39. The Kier molecular flexibility index (Phi) is 7.04. The van der Waals surface area contributed by atoms with Crippen molar-refractivity contribution in [3.05, 3.63) is 54.1 Å². The quantitative estimate of drug-likeness (QED) is 0.689. The summed E-state index contributed by atoms with van der Waals surface area (Å²) in [5.74, 6) is -0.0921. The summed E-state index contributed by atoms with van der Waals surface area (Å²) in [5.41, 5.74) is 1.76. The van der Waals surface area contributed by atoms with E-state index in [-0.39, 0.29) is 11.8 Å². The molecule has 1 spiro atoms. The second-order valence-electron chi connectivity index (χ2n) is 7.98. The van der Waals surface area contributed by atoms with Crippen LogP contribution < -0.4 is 15.4 Å². The molecular formula is C24H29N3O5. The molecule has 2 N–H and O–H groups in total. The van der Waals surface area contributed by atoms with Gasteiger partial charge >= 0.3 is 0 Å². The number of rotatable bonds is 7. The van der Waals surface area contributed by atoms with Crippen molar-refractivity contribution in [1.82, 2.24) is 4.90 Å². The molecule has 0 aliphatic carbocycles. The van der Waals surface area contributed by atoms with Crippen LogP contribution in [0.2, 0.25) is 0 Å². The maximum Gasteiger partial charge on any atom is 0.255 e. The molecule has 0 atom stereocenters. The molecule has 8 nitrogen and oxygen atoms in total. The van der Waals surface area contributed by atoms with Gasteiger partial charge < -0.3 is 29.7 Å². The Morgan fingerprint density at radius 3 is 2.38 bits per heavy atom. The molecule has 4 rings (SSSR count). The molecule has 2 aromatic carbocycles. The van der Waals surface area contributed by atoms with Gasteiger partial charge in [-0.15, -0.1) is 0 Å². The molecule has 2 heterocycles. The van der Waals surface area contributed by atoms with E-state index in [0.717, 1.165) is 25.9 Å². The maximum absolute atomic E-state index is 12.5. The Morgan fingerprint density at radius 1 is 1.00 bits per heavy atom. The number of amides is 2. The first-order valence-corrected chi connectivity index (χ1v) is 10.9. The van der Waals surface area contributed by atoms with E-state index in [9.17, 15) is 9.59 Å². The zero-order chi connectivity index (χ0) is 22.4. The van der Waals surface area contributed by atoms with Crippen molar-refractivity contribution in [2.45, 2.75) is 25.0 Å². The number of carbonyl (C=O) groups excluding carboxylic acids is 2. The molecule has 2 aromatic rings. The number of anilines is 2. The average molecular weight is 440 g/mol. The van der Waals surface area contributed by atoms with E-state index in [0.29, 0.717) is 48.9 Å². The molecule has 2 amide bonds. The highest BCUT2D eigenvalue weighted by atomic mass is 16.7. The molecule has 0 aromatic heterocycles. The van der Waals surface area contributed by atoms with Crippen LogP contribution in [0.25, 0.3) is 0 Å². The number of para-hydroxylation sites is 2. The summed E-state index contributed by atoms with van der Waals surface area (Å²) in [6, 6.07) is 14.1. The standard InChI is InChI=1S/C24H29N3O5/c1-30-21-5-3-2-4-20(21)26-23(29)18-6-8-19(9-7-18)25-22(28)10-13-27-14-11-24(12-15-27)31-16-17-32-24/h2-9H,10-17H2,1H3,(H,25,28)(H,26,29). The zero-order valence-electron chi connectivity index (χ0n) is 18.3. The minimum Gasteiger partial charge on any atom is -0.495 e. The van der Waals surface area contributed by atoms with E-state index in [1.807, 2.05) is 12.1 Å².